The lowest BCUT2D eigenvalue weighted by Gasteiger charge is -2.40. The van der Waals surface area contributed by atoms with Crippen LogP contribution in [0.5, 0.6) is 0 Å². The average molecular weight is 1940 g/mol. The summed E-state index contributed by atoms with van der Waals surface area (Å²) in [6.45, 7) is 7.49. The van der Waals surface area contributed by atoms with Gasteiger partial charge in [-0.3, -0.25) is 37.6 Å². The largest absolute Gasteiger partial charge is 0.441 e. The molecule has 4 heterocycles. The summed E-state index contributed by atoms with van der Waals surface area (Å²) in [4.78, 5) is 105. The van der Waals surface area contributed by atoms with Crippen molar-refractivity contribution in [2.45, 2.75) is 236 Å². The highest BCUT2D eigenvalue weighted by molar-refractivity contribution is 7.86. The summed E-state index contributed by atoms with van der Waals surface area (Å²) >= 11 is 0. The van der Waals surface area contributed by atoms with Crippen molar-refractivity contribution in [2.75, 3.05) is 123 Å². The van der Waals surface area contributed by atoms with E-state index in [1.807, 2.05) is 24.8 Å². The maximum Gasteiger partial charge on any atom is 0.404 e. The Bertz CT molecular complexity index is 4390. The third-order valence-electron chi connectivity index (χ3n) is 22.4. The van der Waals surface area contributed by atoms with Crippen molar-refractivity contribution in [1.82, 2.24) is 26.6 Å². The van der Waals surface area contributed by atoms with Crippen molar-refractivity contribution < 1.29 is 180 Å². The van der Waals surface area contributed by atoms with E-state index in [0.29, 0.717) is 59.5 Å². The number of hydrogen-bond donors (Lipinski definition) is 20. The molecule has 2 aromatic carbocycles. The molecular weight excluding hydrogens is 1820 g/mol. The number of nitrogens with one attached hydrogen (secondary N) is 5. The second-order valence-electron chi connectivity index (χ2n) is 32.3. The number of unbranched alkanes of at least 4 members (excludes halogenated alkanes) is 3. The fourth-order valence-corrected chi connectivity index (χ4v) is 16.8. The van der Waals surface area contributed by atoms with Gasteiger partial charge in [0.25, 0.3) is 30.4 Å². The molecule has 0 aromatic heterocycles. The molecule has 746 valence electrons. The number of aliphatic hydroxyl groups excluding tert-OH is 9. The first-order chi connectivity index (χ1) is 62.2. The van der Waals surface area contributed by atoms with Gasteiger partial charge in [-0.1, -0.05) is 70.6 Å². The van der Waals surface area contributed by atoms with E-state index in [9.17, 15) is 123 Å². The van der Waals surface area contributed by atoms with E-state index in [-0.39, 0.29) is 166 Å². The van der Waals surface area contributed by atoms with Crippen LogP contribution in [0.3, 0.4) is 0 Å². The van der Waals surface area contributed by atoms with Gasteiger partial charge in [0.15, 0.2) is 37.2 Å². The number of ether oxygens (including phenoxy) is 12. The molecular formula is C82H127N9O38S3. The number of anilines is 1. The summed E-state index contributed by atoms with van der Waals surface area (Å²) in [6.07, 6.45) is -19.1. The number of aryl methyl sites for hydroxylation is 1. The van der Waals surface area contributed by atoms with Gasteiger partial charge in [0, 0.05) is 92.6 Å². The molecule has 6 rings (SSSR count). The lowest BCUT2D eigenvalue weighted by molar-refractivity contribution is -0.301. The average Bonchev–Trinajstić information content (AvgIpc) is 1.57. The Morgan fingerprint density at radius 1 is 0.500 bits per heavy atom. The van der Waals surface area contributed by atoms with Crippen LogP contribution in [0.15, 0.2) is 94.4 Å². The first-order valence-electron chi connectivity index (χ1n) is 42.6. The monoisotopic (exact) mass is 1940 g/mol. The first kappa shape index (κ1) is 112. The molecule has 8 amide bonds. The number of hydrogen-bond acceptors (Lipinski definition) is 36. The van der Waals surface area contributed by atoms with Crippen LogP contribution in [0.25, 0.3) is 0 Å². The lowest BCUT2D eigenvalue weighted by Crippen LogP contribution is -2.60. The maximum atomic E-state index is 14.4. The summed E-state index contributed by atoms with van der Waals surface area (Å²) < 4.78 is 166. The van der Waals surface area contributed by atoms with E-state index in [1.165, 1.54) is 30.3 Å². The van der Waals surface area contributed by atoms with Crippen LogP contribution < -0.4 is 48.7 Å². The van der Waals surface area contributed by atoms with Crippen LogP contribution in [0, 0.1) is 6.92 Å². The van der Waals surface area contributed by atoms with Gasteiger partial charge in [-0.2, -0.15) is 25.3 Å². The van der Waals surface area contributed by atoms with Gasteiger partial charge in [0.2, 0.25) is 29.5 Å². The molecule has 1 unspecified atom stereocenters. The Morgan fingerprint density at radius 2 is 0.917 bits per heavy atom. The van der Waals surface area contributed by atoms with Crippen molar-refractivity contribution >= 4 is 83.9 Å². The third-order valence-corrected chi connectivity index (χ3v) is 24.9. The Hall–Kier alpha value is -8.63. The van der Waals surface area contributed by atoms with Gasteiger partial charge in [-0.15, -0.1) is 0 Å². The minimum atomic E-state index is -4.64. The molecule has 3 saturated heterocycles. The molecule has 23 N–H and O–H groups in total. The van der Waals surface area contributed by atoms with Crippen LogP contribution in [0.4, 0.5) is 20.1 Å². The van der Waals surface area contributed by atoms with Gasteiger partial charge in [-0.25, -0.2) is 14.4 Å². The van der Waals surface area contributed by atoms with Gasteiger partial charge in [0.05, 0.1) is 94.8 Å². The molecule has 132 heavy (non-hydrogen) atoms. The number of allylic oxidation sites excluding steroid dienone is 7. The fourth-order valence-electron chi connectivity index (χ4n) is 15.2. The number of primary amides is 3. The number of rotatable bonds is 58. The minimum Gasteiger partial charge on any atom is -0.441 e. The number of aliphatic hydroxyl groups is 9. The smallest absolute Gasteiger partial charge is 0.404 e. The van der Waals surface area contributed by atoms with E-state index in [1.54, 1.807) is 44.2 Å². The number of fused-ring (bicyclic) bond motifs is 1. The number of nitrogens with zero attached hydrogens (tertiary/aromatic N) is 1. The molecule has 2 aromatic rings. The summed E-state index contributed by atoms with van der Waals surface area (Å²) in [6, 6.07) is 8.37. The SMILES string of the molecule is C=C(/C=C/C=C/C=C1/N(CCCCCC(=O)NCCC(=O)NC(CCC(=O)NCCOCCO[C@H]2O[C@H](CO)[C@@H](O)[C@H](OC(N)=O)[C@@H]2O)(CCC(=O)NCCOCCO[C@H]2O[C@H](CO)[C@@H](O)[C@H](OC(N)=O)[C@@H]2O)CCC(=O)NCCOCCO[C@H]2O[C@H](CO)[C@@H](O)[C@H](OC(N)=O)[C@@H]2O)c2ccc(S(=O)(=O)O)cc2C1(C)C)C(C)(CCCCS(=O)(=O)O)c1cc(S(=O)(=O)O)ccc1C. The van der Waals surface area contributed by atoms with E-state index >= 15 is 0 Å². The molecule has 4 aliphatic heterocycles. The van der Waals surface area contributed by atoms with Crippen molar-refractivity contribution in [1.29, 1.82) is 0 Å². The zero-order valence-corrected chi connectivity index (χ0v) is 76.2. The predicted molar refractivity (Wildman–Crippen MR) is 461 cm³/mol. The van der Waals surface area contributed by atoms with Crippen molar-refractivity contribution in [3.63, 3.8) is 0 Å². The molecule has 0 radical (unpaired) electrons. The highest BCUT2D eigenvalue weighted by atomic mass is 32.2. The highest BCUT2D eigenvalue weighted by Gasteiger charge is 2.51. The van der Waals surface area contributed by atoms with Crippen LogP contribution in [-0.2, 0) is 122 Å². The number of benzene rings is 2. The molecule has 4 aliphatic rings. The number of carbonyl (C=O) groups excluding carboxylic acids is 8. The molecule has 50 heteroatoms. The summed E-state index contributed by atoms with van der Waals surface area (Å²) in [5.41, 5.74) is 15.4. The molecule has 3 fully saturated rings. The Labute approximate surface area is 763 Å². The number of nitrogens with two attached hydrogens (primary N) is 3. The topological polar surface area (TPSA) is 734 Å². The van der Waals surface area contributed by atoms with Crippen LogP contribution >= 0.6 is 0 Å². The van der Waals surface area contributed by atoms with Gasteiger partial charge < -0.3 is 151 Å². The molecule has 0 spiro atoms. The Kier molecular flexibility index (Phi) is 45.5. The molecule has 0 bridgehead atoms. The van der Waals surface area contributed by atoms with Crippen molar-refractivity contribution in [3.8, 4) is 0 Å². The molecule has 0 aliphatic carbocycles. The predicted octanol–water partition coefficient (Wildman–Crippen LogP) is -2.43. The number of carbonyl (C=O) groups is 8. The van der Waals surface area contributed by atoms with Crippen molar-refractivity contribution in [3.05, 3.63) is 101 Å². The van der Waals surface area contributed by atoms with Gasteiger partial charge >= 0.3 is 18.3 Å². The zero-order chi connectivity index (χ0) is 97.9. The summed E-state index contributed by atoms with van der Waals surface area (Å²) in [5, 5.41) is 106. The second-order valence-corrected chi connectivity index (χ2v) is 36.8. The molecule has 16 atom stereocenters. The van der Waals surface area contributed by atoms with Gasteiger partial charge in [0.1, 0.15) is 54.9 Å². The first-order valence-corrected chi connectivity index (χ1v) is 47.1. The number of amides is 8. The molecule has 47 nitrogen and oxygen atoms in total. The Morgan fingerprint density at radius 3 is 1.33 bits per heavy atom. The minimum absolute atomic E-state index is 0.00747. The zero-order valence-electron chi connectivity index (χ0n) is 73.7. The lowest BCUT2D eigenvalue weighted by atomic mass is 9.71. The van der Waals surface area contributed by atoms with E-state index in [0.717, 1.165) is 0 Å². The molecule has 0 saturated carbocycles. The van der Waals surface area contributed by atoms with Crippen LogP contribution in [-0.4, -0.2) is 348 Å². The van der Waals surface area contributed by atoms with E-state index < -0.39 is 212 Å². The van der Waals surface area contributed by atoms with E-state index in [4.69, 9.17) is 74.0 Å². The maximum absolute atomic E-state index is 14.4. The normalized spacial score (nSPS) is 24.1. The quantitative estimate of drug-likeness (QED) is 0.0142. The standard InChI is InChI=1S/C82H127N9O38S3/c1-49-17-18-51(131(112,113)114)44-53(49)81(5,25-11-13-43-130(109,110)111)50(2)14-8-6-9-15-59-80(3,4)54-45-52(132(115,116)117)19-20-55(54)91(59)33-12-7-10-16-60(95)86-29-24-64(99)90-82(26-21-61(96)87-30-34-118-37-40-121-74-68(103)71(127-77(83)106)65(100)56(46-92)124-74,27-22-62(97)88-31-35-119-38-41-122-75-69(104)72(128-78(84)107)66(101)57(47-93)125-75)28-23-63(98)89-32-36-120-39-42-123-76-70(105)73(129-79(85)108)67(102)58(48-94)126-76/h6,8-9,14-15,17-20,44-45,56-58,65-76,92-94,100-105H,2,7,10-13,16,21-43,46-48H2,1,3-5H3,(H2,83,106)(H2,84,107)(H2,85,108)(H,86,95)(H,87,96)(H,88,97)(H,89,98)(H,90,99)(H,109,110,111)(H,112,113,114)(H,115,116,117)/b9-6+,14-8+,59-15+/t56-,57-,58-,65-,66-,67-,68+,69+,70+,71+,72+,73+,74+,75+,76+,81?/m1/s1. The summed E-state index contributed by atoms with van der Waals surface area (Å²) in [5.74, 6) is -3.40. The Balaban J connectivity index is 1.13. The van der Waals surface area contributed by atoms with Crippen LogP contribution in [0.1, 0.15) is 127 Å². The van der Waals surface area contributed by atoms with Gasteiger partial charge in [-0.05, 0) is 111 Å². The summed E-state index contributed by atoms with van der Waals surface area (Å²) in [7, 11) is -13.6. The fraction of sp³-hybridized carbons (Fsp3) is 0.659. The third kappa shape index (κ3) is 35.2. The highest BCUT2D eigenvalue weighted by Crippen LogP contribution is 2.49. The van der Waals surface area contributed by atoms with Crippen LogP contribution in [0.2, 0.25) is 0 Å². The second kappa shape index (κ2) is 53.6. The van der Waals surface area contributed by atoms with Crippen molar-refractivity contribution in [2.24, 2.45) is 17.2 Å². The van der Waals surface area contributed by atoms with E-state index in [2.05, 4.69) is 33.2 Å².